The number of carbonyl (C=O) groups is 1. The largest absolute Gasteiger partial charge is 0.360 e. The van der Waals surface area contributed by atoms with Crippen molar-refractivity contribution in [3.8, 4) is 0 Å². The maximum atomic E-state index is 12.1. The highest BCUT2D eigenvalue weighted by atomic mass is 32.1. The quantitative estimate of drug-likeness (QED) is 0.663. The Morgan fingerprint density at radius 1 is 1.17 bits per heavy atom. The van der Waals surface area contributed by atoms with E-state index in [0.717, 1.165) is 58.1 Å². The fourth-order valence-electron chi connectivity index (χ4n) is 3.15. The molecule has 1 amide bonds. The van der Waals surface area contributed by atoms with Crippen molar-refractivity contribution in [2.24, 2.45) is 4.99 Å². The van der Waals surface area contributed by atoms with E-state index < -0.39 is 0 Å². The second kappa shape index (κ2) is 7.68. The topological polar surface area (TPSA) is 51.2 Å². The van der Waals surface area contributed by atoms with Crippen molar-refractivity contribution in [1.82, 2.24) is 15.1 Å². The van der Waals surface area contributed by atoms with E-state index in [1.54, 1.807) is 18.4 Å². The summed E-state index contributed by atoms with van der Waals surface area (Å²) in [5.74, 6) is 1.02. The van der Waals surface area contributed by atoms with Crippen molar-refractivity contribution >= 4 is 28.2 Å². The van der Waals surface area contributed by atoms with E-state index in [1.165, 1.54) is 5.00 Å². The number of anilines is 1. The number of hydrogen-bond acceptors (Lipinski definition) is 4. The Hall–Kier alpha value is -1.76. The number of aliphatic imine (C=N–C) groups is 1. The normalized spacial score (nSPS) is 19.3. The molecule has 7 heteroatoms. The Balaban J connectivity index is 1.47. The molecule has 1 N–H and O–H groups in total. The van der Waals surface area contributed by atoms with E-state index in [-0.39, 0.29) is 5.91 Å². The highest BCUT2D eigenvalue weighted by Gasteiger charge is 2.22. The lowest BCUT2D eigenvalue weighted by Crippen LogP contribution is -2.53. The van der Waals surface area contributed by atoms with Crippen LogP contribution in [0.25, 0.3) is 0 Å². The predicted molar refractivity (Wildman–Crippen MR) is 95.3 cm³/mol. The molecular weight excluding hydrogens is 310 g/mol. The molecule has 2 aliphatic heterocycles. The van der Waals surface area contributed by atoms with Gasteiger partial charge >= 0.3 is 0 Å². The summed E-state index contributed by atoms with van der Waals surface area (Å²) in [5.41, 5.74) is 0. The van der Waals surface area contributed by atoms with Crippen LogP contribution in [0.1, 0.15) is 12.8 Å². The summed E-state index contributed by atoms with van der Waals surface area (Å²) in [7, 11) is 1.79. The third-order valence-corrected chi connectivity index (χ3v) is 5.39. The molecule has 1 aromatic rings. The second-order valence-electron chi connectivity index (χ2n) is 5.91. The lowest BCUT2D eigenvalue weighted by Gasteiger charge is -2.37. The predicted octanol–water partition coefficient (Wildman–Crippen LogP) is 1.07. The van der Waals surface area contributed by atoms with Crippen LogP contribution in [0.3, 0.4) is 0 Å². The minimum Gasteiger partial charge on any atom is -0.360 e. The van der Waals surface area contributed by atoms with Crippen LogP contribution >= 0.6 is 11.3 Å². The van der Waals surface area contributed by atoms with Crippen LogP contribution in [0.5, 0.6) is 0 Å². The molecule has 0 aromatic carbocycles. The molecular formula is C16H25N5OS. The van der Waals surface area contributed by atoms with Gasteiger partial charge in [0.25, 0.3) is 0 Å². The van der Waals surface area contributed by atoms with Gasteiger partial charge in [-0.25, -0.2) is 0 Å². The molecule has 0 saturated carbocycles. The summed E-state index contributed by atoms with van der Waals surface area (Å²) < 4.78 is 0. The highest BCUT2D eigenvalue weighted by molar-refractivity contribution is 7.14. The average molecular weight is 335 g/mol. The van der Waals surface area contributed by atoms with Crippen molar-refractivity contribution in [2.75, 3.05) is 57.8 Å². The number of rotatable bonds is 3. The summed E-state index contributed by atoms with van der Waals surface area (Å²) in [5, 5.41) is 6.68. The number of likely N-dealkylation sites (tertiary alicyclic amines) is 1. The Bertz CT molecular complexity index is 531. The Morgan fingerprint density at radius 2 is 1.91 bits per heavy atom. The van der Waals surface area contributed by atoms with Crippen LogP contribution in [-0.4, -0.2) is 74.5 Å². The van der Waals surface area contributed by atoms with Crippen LogP contribution < -0.4 is 10.2 Å². The number of thiophene rings is 1. The molecule has 0 unspecified atom stereocenters. The summed E-state index contributed by atoms with van der Waals surface area (Å²) in [4.78, 5) is 23.1. The van der Waals surface area contributed by atoms with Crippen molar-refractivity contribution in [2.45, 2.75) is 12.8 Å². The number of piperazine rings is 1. The van der Waals surface area contributed by atoms with E-state index in [9.17, 15) is 4.79 Å². The van der Waals surface area contributed by atoms with Gasteiger partial charge in [-0.15, -0.1) is 11.3 Å². The van der Waals surface area contributed by atoms with Gasteiger partial charge in [-0.1, -0.05) is 0 Å². The third-order valence-electron chi connectivity index (χ3n) is 4.47. The average Bonchev–Trinajstić information content (AvgIpc) is 3.29. The molecule has 0 aliphatic carbocycles. The minimum absolute atomic E-state index is 0.181. The smallest absolute Gasteiger partial charge is 0.241 e. The first-order valence-electron chi connectivity index (χ1n) is 8.30. The maximum Gasteiger partial charge on any atom is 0.241 e. The number of nitrogens with zero attached hydrogens (tertiary/aromatic N) is 4. The van der Waals surface area contributed by atoms with Gasteiger partial charge in [0.05, 0.1) is 11.5 Å². The van der Waals surface area contributed by atoms with E-state index in [1.807, 2.05) is 4.90 Å². The minimum atomic E-state index is 0.181. The van der Waals surface area contributed by atoms with Gasteiger partial charge in [-0.3, -0.25) is 9.79 Å². The van der Waals surface area contributed by atoms with Crippen LogP contribution in [0, 0.1) is 0 Å². The molecule has 0 radical (unpaired) electrons. The molecule has 2 saturated heterocycles. The molecule has 3 heterocycles. The summed E-state index contributed by atoms with van der Waals surface area (Å²) in [6.45, 7) is 5.97. The maximum absolute atomic E-state index is 12.1. The standard InChI is InChI=1S/C16H25N5OS/c1-17-16(18-13-14(22)19-6-2-3-7-19)21-10-8-20(9-11-21)15-5-4-12-23-15/h4-5,12H,2-3,6-11,13H2,1H3,(H,17,18). The molecule has 3 rings (SSSR count). The van der Waals surface area contributed by atoms with Gasteiger partial charge < -0.3 is 20.0 Å². The molecule has 126 valence electrons. The van der Waals surface area contributed by atoms with Crippen molar-refractivity contribution in [3.05, 3.63) is 17.5 Å². The van der Waals surface area contributed by atoms with Crippen molar-refractivity contribution in [3.63, 3.8) is 0 Å². The zero-order chi connectivity index (χ0) is 16.1. The molecule has 0 atom stereocenters. The van der Waals surface area contributed by atoms with Gasteiger partial charge in [0.1, 0.15) is 0 Å². The van der Waals surface area contributed by atoms with Crippen molar-refractivity contribution < 1.29 is 4.79 Å². The Labute approximate surface area is 141 Å². The highest BCUT2D eigenvalue weighted by Crippen LogP contribution is 2.22. The second-order valence-corrected chi connectivity index (χ2v) is 6.84. The van der Waals surface area contributed by atoms with E-state index in [0.29, 0.717) is 6.54 Å². The number of amides is 1. The van der Waals surface area contributed by atoms with Crippen LogP contribution in [-0.2, 0) is 4.79 Å². The zero-order valence-electron chi connectivity index (χ0n) is 13.7. The first kappa shape index (κ1) is 16.1. The van der Waals surface area contributed by atoms with E-state index in [4.69, 9.17) is 0 Å². The SMILES string of the molecule is CN=C(NCC(=O)N1CCCC1)N1CCN(c2cccs2)CC1. The molecule has 1 aromatic heterocycles. The van der Waals surface area contributed by atoms with Gasteiger partial charge in [-0.05, 0) is 30.4 Å². The zero-order valence-corrected chi connectivity index (χ0v) is 14.5. The molecule has 2 fully saturated rings. The molecule has 6 nitrogen and oxygen atoms in total. The fourth-order valence-corrected chi connectivity index (χ4v) is 3.94. The van der Waals surface area contributed by atoms with Gasteiger partial charge in [0.15, 0.2) is 5.96 Å². The van der Waals surface area contributed by atoms with Crippen LogP contribution in [0.2, 0.25) is 0 Å². The summed E-state index contributed by atoms with van der Waals surface area (Å²) in [6.07, 6.45) is 2.26. The summed E-state index contributed by atoms with van der Waals surface area (Å²) >= 11 is 1.78. The lowest BCUT2D eigenvalue weighted by molar-refractivity contribution is -0.128. The van der Waals surface area contributed by atoms with Crippen molar-refractivity contribution in [1.29, 1.82) is 0 Å². The van der Waals surface area contributed by atoms with E-state index in [2.05, 4.69) is 37.6 Å². The first-order valence-corrected chi connectivity index (χ1v) is 9.18. The third kappa shape index (κ3) is 3.96. The first-order chi connectivity index (χ1) is 11.3. The monoisotopic (exact) mass is 335 g/mol. The molecule has 0 spiro atoms. The number of carbonyl (C=O) groups excluding carboxylic acids is 1. The molecule has 0 bridgehead atoms. The number of guanidine groups is 1. The summed E-state index contributed by atoms with van der Waals surface area (Å²) in [6, 6.07) is 4.26. The molecule has 2 aliphatic rings. The van der Waals surface area contributed by atoms with Gasteiger partial charge in [0.2, 0.25) is 5.91 Å². The van der Waals surface area contributed by atoms with Crippen LogP contribution in [0.15, 0.2) is 22.5 Å². The fraction of sp³-hybridized carbons (Fsp3) is 0.625. The Kier molecular flexibility index (Phi) is 5.38. The number of nitrogens with one attached hydrogen (secondary N) is 1. The van der Waals surface area contributed by atoms with Crippen LogP contribution in [0.4, 0.5) is 5.00 Å². The van der Waals surface area contributed by atoms with Gasteiger partial charge in [-0.2, -0.15) is 0 Å². The Morgan fingerprint density at radius 3 is 2.52 bits per heavy atom. The molecule has 23 heavy (non-hydrogen) atoms. The van der Waals surface area contributed by atoms with E-state index >= 15 is 0 Å². The lowest BCUT2D eigenvalue weighted by atomic mass is 10.3. The number of hydrogen-bond donors (Lipinski definition) is 1. The van der Waals surface area contributed by atoms with Gasteiger partial charge in [0, 0.05) is 46.3 Å².